The van der Waals surface area contributed by atoms with E-state index in [4.69, 9.17) is 5.73 Å². The molecular formula is C26H32N8O2. The highest BCUT2D eigenvalue weighted by molar-refractivity contribution is 5.87. The predicted octanol–water partition coefficient (Wildman–Crippen LogP) is 1.81. The van der Waals surface area contributed by atoms with Gasteiger partial charge in [0.05, 0.1) is 23.7 Å². The van der Waals surface area contributed by atoms with Crippen LogP contribution in [0.4, 0.5) is 5.82 Å². The average molecular weight is 489 g/mol. The van der Waals surface area contributed by atoms with Crippen LogP contribution in [0.15, 0.2) is 61.3 Å². The highest BCUT2D eigenvalue weighted by Gasteiger charge is 2.29. The number of fused-ring (bicyclic) bond motifs is 1. The minimum atomic E-state index is -0.520. The molecule has 0 radical (unpaired) electrons. The van der Waals surface area contributed by atoms with Crippen LogP contribution in [0, 0.1) is 5.92 Å². The maximum Gasteiger partial charge on any atom is 0.231 e. The van der Waals surface area contributed by atoms with Gasteiger partial charge in [0.2, 0.25) is 5.91 Å². The number of piperidine rings is 1. The van der Waals surface area contributed by atoms with E-state index in [2.05, 4.69) is 61.8 Å². The fraction of sp³-hybridized carbons (Fsp3) is 0.385. The first-order chi connectivity index (χ1) is 17.5. The molecule has 1 saturated heterocycles. The smallest absolute Gasteiger partial charge is 0.231 e. The molecule has 3 aromatic heterocycles. The molecule has 0 spiro atoms. The van der Waals surface area contributed by atoms with E-state index in [1.165, 1.54) is 5.56 Å². The molecule has 188 valence electrons. The molecule has 0 aliphatic carbocycles. The Bertz CT molecular complexity index is 1300. The molecule has 1 aromatic carbocycles. The Kier molecular flexibility index (Phi) is 6.97. The fourth-order valence-electron chi connectivity index (χ4n) is 5.00. The molecule has 5 rings (SSSR count). The SMILES string of the molecule is CCN(Cc1ccc(-n2cccn2)cc1)c1ncnc2c1ccn2C[C@H]1CCN(CC(N)=O)C[C@@H]1O. The summed E-state index contributed by atoms with van der Waals surface area (Å²) in [7, 11) is 0. The summed E-state index contributed by atoms with van der Waals surface area (Å²) >= 11 is 0. The normalized spacial score (nSPS) is 18.5. The summed E-state index contributed by atoms with van der Waals surface area (Å²) in [6.45, 7) is 5.69. The second-order valence-corrected chi connectivity index (χ2v) is 9.35. The molecule has 10 heteroatoms. The van der Waals surface area contributed by atoms with Gasteiger partial charge in [-0.05, 0) is 49.7 Å². The highest BCUT2D eigenvalue weighted by Crippen LogP contribution is 2.28. The van der Waals surface area contributed by atoms with Gasteiger partial charge in [-0.3, -0.25) is 9.69 Å². The monoisotopic (exact) mass is 488 g/mol. The number of benzene rings is 1. The van der Waals surface area contributed by atoms with Crippen LogP contribution in [0.3, 0.4) is 0 Å². The van der Waals surface area contributed by atoms with Crippen LogP contribution >= 0.6 is 0 Å². The molecule has 0 saturated carbocycles. The number of primary amides is 1. The van der Waals surface area contributed by atoms with E-state index in [1.54, 1.807) is 12.5 Å². The van der Waals surface area contributed by atoms with E-state index in [9.17, 15) is 9.90 Å². The predicted molar refractivity (Wildman–Crippen MR) is 138 cm³/mol. The van der Waals surface area contributed by atoms with Crippen LogP contribution in [0.2, 0.25) is 0 Å². The number of amides is 1. The zero-order chi connectivity index (χ0) is 25.1. The molecule has 1 amide bonds. The number of hydrogen-bond donors (Lipinski definition) is 2. The molecule has 2 atom stereocenters. The maximum absolute atomic E-state index is 11.2. The van der Waals surface area contributed by atoms with Gasteiger partial charge in [-0.1, -0.05) is 12.1 Å². The minimum absolute atomic E-state index is 0.0821. The van der Waals surface area contributed by atoms with E-state index in [0.29, 0.717) is 13.1 Å². The average Bonchev–Trinajstić information content (AvgIpc) is 3.55. The summed E-state index contributed by atoms with van der Waals surface area (Å²) in [5.41, 5.74) is 8.38. The molecule has 3 N–H and O–H groups in total. The summed E-state index contributed by atoms with van der Waals surface area (Å²) in [6, 6.07) is 12.4. The largest absolute Gasteiger partial charge is 0.391 e. The number of carbonyl (C=O) groups excluding carboxylic acids is 1. The topological polar surface area (TPSA) is 118 Å². The quantitative estimate of drug-likeness (QED) is 0.369. The lowest BCUT2D eigenvalue weighted by molar-refractivity contribution is -0.120. The number of nitrogens with two attached hydrogens (primary N) is 1. The first-order valence-corrected chi connectivity index (χ1v) is 12.3. The number of nitrogens with zero attached hydrogens (tertiary/aromatic N) is 7. The number of hydrogen-bond acceptors (Lipinski definition) is 7. The van der Waals surface area contributed by atoms with E-state index >= 15 is 0 Å². The van der Waals surface area contributed by atoms with Crippen LogP contribution in [0.5, 0.6) is 0 Å². The highest BCUT2D eigenvalue weighted by atomic mass is 16.3. The fourth-order valence-corrected chi connectivity index (χ4v) is 5.00. The lowest BCUT2D eigenvalue weighted by atomic mass is 9.93. The number of aliphatic hydroxyl groups is 1. The van der Waals surface area contributed by atoms with Gasteiger partial charge in [0.1, 0.15) is 17.8 Å². The van der Waals surface area contributed by atoms with Crippen LogP contribution in [-0.2, 0) is 17.9 Å². The number of β-amino-alcohol motifs (C(OH)–C–C–N with tert-alkyl or cyclic N) is 1. The van der Waals surface area contributed by atoms with Gasteiger partial charge in [-0.2, -0.15) is 5.10 Å². The molecule has 10 nitrogen and oxygen atoms in total. The standard InChI is InChI=1S/C26H32N8O2/c1-2-32(14-19-4-6-21(7-5-19)34-11-3-10-30-34)25-22-9-13-33(26(22)29-18-28-25)15-20-8-12-31(16-23(20)35)17-24(27)36/h3-7,9-11,13,18,20,23,35H,2,8,12,14-17H2,1H3,(H2,27,36)/t20-,23+/m1/s1. The number of aromatic nitrogens is 5. The van der Waals surface area contributed by atoms with E-state index in [0.717, 1.165) is 48.6 Å². The van der Waals surface area contributed by atoms with Crippen molar-refractivity contribution in [1.29, 1.82) is 0 Å². The Balaban J connectivity index is 1.31. The van der Waals surface area contributed by atoms with Gasteiger partial charge in [-0.25, -0.2) is 14.6 Å². The maximum atomic E-state index is 11.2. The molecule has 1 aliphatic heterocycles. The Hall–Kier alpha value is -3.76. The second kappa shape index (κ2) is 10.5. The van der Waals surface area contributed by atoms with Crippen molar-refractivity contribution in [1.82, 2.24) is 29.2 Å². The van der Waals surface area contributed by atoms with Gasteiger partial charge >= 0.3 is 0 Å². The van der Waals surface area contributed by atoms with Crippen molar-refractivity contribution in [2.24, 2.45) is 11.7 Å². The first-order valence-electron chi connectivity index (χ1n) is 12.3. The van der Waals surface area contributed by atoms with Crippen molar-refractivity contribution >= 4 is 22.8 Å². The number of likely N-dealkylation sites (tertiary alicyclic amines) is 1. The summed E-state index contributed by atoms with van der Waals surface area (Å²) in [5, 5.41) is 16.0. The molecule has 4 aromatic rings. The van der Waals surface area contributed by atoms with Gasteiger partial charge in [-0.15, -0.1) is 0 Å². The Morgan fingerprint density at radius 1 is 1.19 bits per heavy atom. The third-order valence-electron chi connectivity index (χ3n) is 6.91. The Morgan fingerprint density at radius 2 is 2.03 bits per heavy atom. The van der Waals surface area contributed by atoms with Crippen molar-refractivity contribution in [2.75, 3.05) is 31.1 Å². The van der Waals surface area contributed by atoms with Crippen molar-refractivity contribution in [3.63, 3.8) is 0 Å². The number of anilines is 1. The lowest BCUT2D eigenvalue weighted by Crippen LogP contribution is -2.47. The number of carbonyl (C=O) groups is 1. The molecule has 36 heavy (non-hydrogen) atoms. The zero-order valence-corrected chi connectivity index (χ0v) is 20.4. The molecule has 4 heterocycles. The van der Waals surface area contributed by atoms with Crippen LogP contribution in [-0.4, -0.2) is 72.5 Å². The summed E-state index contributed by atoms with van der Waals surface area (Å²) in [4.78, 5) is 24.6. The van der Waals surface area contributed by atoms with Crippen molar-refractivity contribution < 1.29 is 9.90 Å². The molecule has 1 fully saturated rings. The minimum Gasteiger partial charge on any atom is -0.391 e. The van der Waals surface area contributed by atoms with Gasteiger partial charge in [0, 0.05) is 50.7 Å². The Labute approximate surface area is 210 Å². The summed E-state index contributed by atoms with van der Waals surface area (Å²) in [5.74, 6) is 0.614. The second-order valence-electron chi connectivity index (χ2n) is 9.35. The molecular weight excluding hydrogens is 456 g/mol. The number of aliphatic hydroxyl groups excluding tert-OH is 1. The van der Waals surface area contributed by atoms with Crippen LogP contribution < -0.4 is 10.6 Å². The molecule has 1 aliphatic rings. The molecule has 0 unspecified atom stereocenters. The summed E-state index contributed by atoms with van der Waals surface area (Å²) < 4.78 is 3.95. The third-order valence-corrected chi connectivity index (χ3v) is 6.91. The Morgan fingerprint density at radius 3 is 2.72 bits per heavy atom. The van der Waals surface area contributed by atoms with E-state index in [1.807, 2.05) is 28.0 Å². The zero-order valence-electron chi connectivity index (χ0n) is 20.4. The van der Waals surface area contributed by atoms with Crippen LogP contribution in [0.1, 0.15) is 18.9 Å². The van der Waals surface area contributed by atoms with Crippen molar-refractivity contribution in [3.8, 4) is 5.69 Å². The van der Waals surface area contributed by atoms with Crippen molar-refractivity contribution in [3.05, 3.63) is 66.9 Å². The summed E-state index contributed by atoms with van der Waals surface area (Å²) in [6.07, 6.45) is 7.61. The molecule has 0 bridgehead atoms. The van der Waals surface area contributed by atoms with Gasteiger partial charge in [0.15, 0.2) is 0 Å². The van der Waals surface area contributed by atoms with Crippen molar-refractivity contribution in [2.45, 2.75) is 32.5 Å². The van der Waals surface area contributed by atoms with Gasteiger partial charge < -0.3 is 20.3 Å². The number of rotatable bonds is 9. The first kappa shape index (κ1) is 24.0. The van der Waals surface area contributed by atoms with Gasteiger partial charge in [0.25, 0.3) is 0 Å². The van der Waals surface area contributed by atoms with E-state index < -0.39 is 6.10 Å². The van der Waals surface area contributed by atoms with Crippen LogP contribution in [0.25, 0.3) is 16.7 Å². The van der Waals surface area contributed by atoms with E-state index in [-0.39, 0.29) is 18.4 Å². The third kappa shape index (κ3) is 5.09. The lowest BCUT2D eigenvalue weighted by Gasteiger charge is -2.35.